The van der Waals surface area contributed by atoms with E-state index in [9.17, 15) is 9.90 Å². The van der Waals surface area contributed by atoms with Crippen LogP contribution in [0.15, 0.2) is 24.4 Å². The van der Waals surface area contributed by atoms with Crippen LogP contribution in [-0.4, -0.2) is 74.6 Å². The van der Waals surface area contributed by atoms with Crippen LogP contribution in [0.4, 0.5) is 0 Å². The van der Waals surface area contributed by atoms with Gasteiger partial charge in [0.1, 0.15) is 5.75 Å². The van der Waals surface area contributed by atoms with Gasteiger partial charge in [-0.1, -0.05) is 16.8 Å². The van der Waals surface area contributed by atoms with Crippen molar-refractivity contribution in [3.8, 4) is 5.75 Å². The summed E-state index contributed by atoms with van der Waals surface area (Å²) in [5.74, 6) is 0.0921. The number of halogens is 1. The van der Waals surface area contributed by atoms with Gasteiger partial charge in [-0.3, -0.25) is 19.3 Å². The van der Waals surface area contributed by atoms with Crippen molar-refractivity contribution in [1.29, 1.82) is 0 Å². The summed E-state index contributed by atoms with van der Waals surface area (Å²) in [5.41, 5.74) is 1.20. The normalized spacial score (nSPS) is 15.9. The molecule has 1 fully saturated rings. The summed E-state index contributed by atoms with van der Waals surface area (Å²) in [7, 11) is 0. The second-order valence-corrected chi connectivity index (χ2v) is 7.82. The fourth-order valence-corrected chi connectivity index (χ4v) is 3.38. The van der Waals surface area contributed by atoms with E-state index in [2.05, 4.69) is 25.4 Å². The largest absolute Gasteiger partial charge is 0.508 e. The molecule has 1 aliphatic heterocycles. The van der Waals surface area contributed by atoms with Gasteiger partial charge in [0.25, 0.3) is 5.91 Å². The fraction of sp³-hybridized carbons (Fsp3) is 0.526. The Morgan fingerprint density at radius 2 is 1.93 bits per heavy atom. The van der Waals surface area contributed by atoms with Gasteiger partial charge in [0.15, 0.2) is 5.69 Å². The maximum absolute atomic E-state index is 11.9. The summed E-state index contributed by atoms with van der Waals surface area (Å²) in [6, 6.07) is 5.23. The first-order chi connectivity index (χ1) is 13.4. The van der Waals surface area contributed by atoms with Crippen molar-refractivity contribution >= 4 is 17.5 Å². The van der Waals surface area contributed by atoms with Crippen molar-refractivity contribution in [2.75, 3.05) is 32.7 Å². The van der Waals surface area contributed by atoms with Crippen LogP contribution in [0.25, 0.3) is 0 Å². The van der Waals surface area contributed by atoms with Crippen molar-refractivity contribution in [3.63, 3.8) is 0 Å². The van der Waals surface area contributed by atoms with E-state index in [0.29, 0.717) is 23.8 Å². The molecule has 8 nitrogen and oxygen atoms in total. The minimum absolute atomic E-state index is 0.0720. The molecule has 0 saturated carbocycles. The predicted molar refractivity (Wildman–Crippen MR) is 107 cm³/mol. The highest BCUT2D eigenvalue weighted by molar-refractivity contribution is 6.30. The standard InChI is InChI=1S/C19H27ClN6O2/c1-14(2)21-19(28)17-13-26(23-22-17)10-9-24-5-7-25(8-6-24)12-15-11-16(20)3-4-18(15)27/h3-4,11,13-14,27H,5-10,12H2,1-2H3,(H,21,28). The summed E-state index contributed by atoms with van der Waals surface area (Å²) in [6.07, 6.45) is 1.69. The number of carbonyl (C=O) groups is 1. The second-order valence-electron chi connectivity index (χ2n) is 7.39. The van der Waals surface area contributed by atoms with E-state index in [4.69, 9.17) is 11.6 Å². The first kappa shape index (κ1) is 20.6. The first-order valence-electron chi connectivity index (χ1n) is 9.54. The molecule has 1 aromatic heterocycles. The Hall–Kier alpha value is -2.16. The highest BCUT2D eigenvalue weighted by atomic mass is 35.5. The highest BCUT2D eigenvalue weighted by Crippen LogP contribution is 2.23. The lowest BCUT2D eigenvalue weighted by molar-refractivity contribution is 0.0938. The lowest BCUT2D eigenvalue weighted by Gasteiger charge is -2.34. The molecular formula is C19H27ClN6O2. The molecule has 0 spiro atoms. The Morgan fingerprint density at radius 1 is 1.21 bits per heavy atom. The number of carbonyl (C=O) groups excluding carboxylic acids is 1. The summed E-state index contributed by atoms with van der Waals surface area (Å²) in [5, 5.41) is 21.4. The van der Waals surface area contributed by atoms with Gasteiger partial charge in [0, 0.05) is 55.9 Å². The number of hydrogen-bond donors (Lipinski definition) is 2. The minimum Gasteiger partial charge on any atom is -0.508 e. The molecule has 1 aliphatic rings. The SMILES string of the molecule is CC(C)NC(=O)c1cn(CCN2CCN(Cc3cc(Cl)ccc3O)CC2)nn1. The molecular weight excluding hydrogens is 380 g/mol. The number of nitrogens with zero attached hydrogens (tertiary/aromatic N) is 5. The average Bonchev–Trinajstić information content (AvgIpc) is 3.13. The Morgan fingerprint density at radius 3 is 2.64 bits per heavy atom. The van der Waals surface area contributed by atoms with Crippen molar-refractivity contribution in [2.24, 2.45) is 0 Å². The van der Waals surface area contributed by atoms with E-state index in [1.807, 2.05) is 19.9 Å². The number of aromatic hydroxyl groups is 1. The fourth-order valence-electron chi connectivity index (χ4n) is 3.18. The molecule has 0 radical (unpaired) electrons. The molecule has 3 rings (SSSR count). The highest BCUT2D eigenvalue weighted by Gasteiger charge is 2.18. The molecule has 0 unspecified atom stereocenters. The Balaban J connectivity index is 1.43. The molecule has 9 heteroatoms. The third-order valence-electron chi connectivity index (χ3n) is 4.74. The summed E-state index contributed by atoms with van der Waals surface area (Å²) in [4.78, 5) is 16.6. The van der Waals surface area contributed by atoms with Crippen molar-refractivity contribution in [1.82, 2.24) is 30.1 Å². The molecule has 1 amide bonds. The summed E-state index contributed by atoms with van der Waals surface area (Å²) in [6.45, 7) is 9.79. The van der Waals surface area contributed by atoms with Gasteiger partial charge >= 0.3 is 0 Å². The zero-order valence-electron chi connectivity index (χ0n) is 16.3. The number of phenols is 1. The van der Waals surface area contributed by atoms with Crippen LogP contribution in [0.3, 0.4) is 0 Å². The number of phenolic OH excluding ortho intramolecular Hbond substituents is 1. The Labute approximate surface area is 170 Å². The van der Waals surface area contributed by atoms with Crippen LogP contribution >= 0.6 is 11.6 Å². The van der Waals surface area contributed by atoms with Crippen LogP contribution in [0.5, 0.6) is 5.75 Å². The predicted octanol–water partition coefficient (Wildman–Crippen LogP) is 1.59. The van der Waals surface area contributed by atoms with Crippen LogP contribution < -0.4 is 5.32 Å². The summed E-state index contributed by atoms with van der Waals surface area (Å²) < 4.78 is 1.71. The average molecular weight is 407 g/mol. The number of hydrogen-bond acceptors (Lipinski definition) is 6. The van der Waals surface area contributed by atoms with Crippen LogP contribution in [0.1, 0.15) is 29.9 Å². The van der Waals surface area contributed by atoms with Gasteiger partial charge in [-0.05, 0) is 32.0 Å². The lowest BCUT2D eigenvalue weighted by atomic mass is 10.1. The van der Waals surface area contributed by atoms with Crippen LogP contribution in [0.2, 0.25) is 5.02 Å². The molecule has 0 atom stereocenters. The van der Waals surface area contributed by atoms with E-state index >= 15 is 0 Å². The van der Waals surface area contributed by atoms with Crippen molar-refractivity contribution in [2.45, 2.75) is 33.0 Å². The van der Waals surface area contributed by atoms with Gasteiger partial charge in [-0.2, -0.15) is 0 Å². The quantitative estimate of drug-likeness (QED) is 0.726. The minimum atomic E-state index is -0.195. The van der Waals surface area contributed by atoms with E-state index in [1.165, 1.54) is 0 Å². The number of benzene rings is 1. The van der Waals surface area contributed by atoms with Gasteiger partial charge in [-0.15, -0.1) is 5.10 Å². The second kappa shape index (κ2) is 9.36. The maximum atomic E-state index is 11.9. The van der Waals surface area contributed by atoms with Gasteiger partial charge in [-0.25, -0.2) is 0 Å². The number of nitrogens with one attached hydrogen (secondary N) is 1. The molecule has 0 bridgehead atoms. The van der Waals surface area contributed by atoms with Gasteiger partial charge in [0.05, 0.1) is 12.7 Å². The molecule has 2 heterocycles. The molecule has 2 N–H and O–H groups in total. The lowest BCUT2D eigenvalue weighted by Crippen LogP contribution is -2.46. The smallest absolute Gasteiger partial charge is 0.273 e. The molecule has 0 aliphatic carbocycles. The van der Waals surface area contributed by atoms with E-state index in [0.717, 1.165) is 38.3 Å². The number of rotatable bonds is 7. The summed E-state index contributed by atoms with van der Waals surface area (Å²) >= 11 is 6.03. The Kier molecular flexibility index (Phi) is 6.88. The molecule has 152 valence electrons. The van der Waals surface area contributed by atoms with Crippen molar-refractivity contribution < 1.29 is 9.90 Å². The molecule has 2 aromatic rings. The van der Waals surface area contributed by atoms with Crippen LogP contribution in [0, 0.1) is 0 Å². The number of piperazine rings is 1. The van der Waals surface area contributed by atoms with E-state index in [1.54, 1.807) is 23.0 Å². The van der Waals surface area contributed by atoms with Gasteiger partial charge < -0.3 is 10.4 Å². The number of amides is 1. The first-order valence-corrected chi connectivity index (χ1v) is 9.91. The molecule has 28 heavy (non-hydrogen) atoms. The van der Waals surface area contributed by atoms with Crippen molar-refractivity contribution in [3.05, 3.63) is 40.7 Å². The topological polar surface area (TPSA) is 86.5 Å². The third kappa shape index (κ3) is 5.67. The van der Waals surface area contributed by atoms with Gasteiger partial charge in [0.2, 0.25) is 0 Å². The van der Waals surface area contributed by atoms with E-state index < -0.39 is 0 Å². The maximum Gasteiger partial charge on any atom is 0.273 e. The number of aromatic nitrogens is 3. The van der Waals surface area contributed by atoms with E-state index in [-0.39, 0.29) is 17.7 Å². The zero-order chi connectivity index (χ0) is 20.1. The third-order valence-corrected chi connectivity index (χ3v) is 4.97. The Bertz CT molecular complexity index is 801. The molecule has 1 saturated heterocycles. The molecule has 1 aromatic carbocycles. The van der Waals surface area contributed by atoms with Crippen LogP contribution in [-0.2, 0) is 13.1 Å². The zero-order valence-corrected chi connectivity index (χ0v) is 17.1. The monoisotopic (exact) mass is 406 g/mol.